The third-order valence-electron chi connectivity index (χ3n) is 4.15. The fourth-order valence-corrected chi connectivity index (χ4v) is 2.49. The van der Waals surface area contributed by atoms with Gasteiger partial charge in [-0.2, -0.15) is 0 Å². The van der Waals surface area contributed by atoms with E-state index in [0.29, 0.717) is 5.91 Å². The van der Waals surface area contributed by atoms with E-state index in [1.807, 2.05) is 11.9 Å². The largest absolute Gasteiger partial charge is 0.344 e. The number of hydrogen-bond acceptors (Lipinski definition) is 3. The maximum absolute atomic E-state index is 12.1. The van der Waals surface area contributed by atoms with Gasteiger partial charge in [-0.25, -0.2) is 0 Å². The second kappa shape index (κ2) is 4.94. The Bertz CT molecular complexity index is 284. The molecule has 1 amide bonds. The molecule has 1 atom stereocenters. The van der Waals surface area contributed by atoms with Crippen molar-refractivity contribution in [1.29, 1.82) is 0 Å². The third-order valence-corrected chi connectivity index (χ3v) is 4.15. The topological polar surface area (TPSA) is 35.6 Å². The van der Waals surface area contributed by atoms with Gasteiger partial charge in [0.25, 0.3) is 0 Å². The molecular weight excluding hydrogens is 214 g/mol. The third kappa shape index (κ3) is 3.19. The molecule has 4 nitrogen and oxygen atoms in total. The van der Waals surface area contributed by atoms with E-state index in [1.54, 1.807) is 0 Å². The van der Waals surface area contributed by atoms with Crippen molar-refractivity contribution in [2.24, 2.45) is 11.3 Å². The molecule has 0 aromatic carbocycles. The fraction of sp³-hybridized carbons (Fsp3) is 0.923. The number of hydrogen-bond donors (Lipinski definition) is 1. The van der Waals surface area contributed by atoms with Crippen molar-refractivity contribution in [2.75, 3.05) is 46.3 Å². The van der Waals surface area contributed by atoms with Crippen molar-refractivity contribution in [3.05, 3.63) is 0 Å². The van der Waals surface area contributed by atoms with Gasteiger partial charge in [-0.15, -0.1) is 0 Å². The number of carbonyl (C=O) groups excluding carboxylic acids is 1. The highest BCUT2D eigenvalue weighted by molar-refractivity contribution is 5.82. The molecule has 4 heteroatoms. The van der Waals surface area contributed by atoms with Crippen LogP contribution in [-0.4, -0.2) is 62.0 Å². The van der Waals surface area contributed by atoms with Crippen molar-refractivity contribution in [1.82, 2.24) is 15.1 Å². The first-order valence-corrected chi connectivity index (χ1v) is 6.69. The highest BCUT2D eigenvalue weighted by atomic mass is 16.2. The minimum absolute atomic E-state index is 0.250. The smallest absolute Gasteiger partial charge is 0.226 e. The number of likely N-dealkylation sites (N-methyl/N-ethyl adjacent to an activating group) is 1. The van der Waals surface area contributed by atoms with Gasteiger partial charge in [0.1, 0.15) is 0 Å². The molecule has 0 aromatic heterocycles. The number of amides is 1. The molecule has 1 saturated heterocycles. The second-order valence-corrected chi connectivity index (χ2v) is 6.10. The van der Waals surface area contributed by atoms with Gasteiger partial charge in [-0.3, -0.25) is 9.69 Å². The zero-order valence-corrected chi connectivity index (χ0v) is 11.3. The highest BCUT2D eigenvalue weighted by Gasteiger charge is 2.51. The summed E-state index contributed by atoms with van der Waals surface area (Å²) in [6.45, 7) is 10.6. The lowest BCUT2D eigenvalue weighted by molar-refractivity contribution is -0.132. The maximum Gasteiger partial charge on any atom is 0.226 e. The van der Waals surface area contributed by atoms with Crippen molar-refractivity contribution in [2.45, 2.75) is 20.3 Å². The molecule has 0 radical (unpaired) electrons. The molecule has 2 fully saturated rings. The van der Waals surface area contributed by atoms with Crippen LogP contribution in [0.15, 0.2) is 0 Å². The second-order valence-electron chi connectivity index (χ2n) is 6.10. The average Bonchev–Trinajstić information content (AvgIpc) is 2.96. The van der Waals surface area contributed by atoms with Gasteiger partial charge >= 0.3 is 0 Å². The maximum atomic E-state index is 12.1. The van der Waals surface area contributed by atoms with E-state index in [9.17, 15) is 4.79 Å². The average molecular weight is 239 g/mol. The van der Waals surface area contributed by atoms with Crippen molar-refractivity contribution in [3.8, 4) is 0 Å². The molecule has 1 N–H and O–H groups in total. The molecule has 2 rings (SSSR count). The van der Waals surface area contributed by atoms with Crippen LogP contribution in [0.5, 0.6) is 0 Å². The molecule has 0 bridgehead atoms. The van der Waals surface area contributed by atoms with Crippen LogP contribution in [0, 0.1) is 11.3 Å². The van der Waals surface area contributed by atoms with Gasteiger partial charge < -0.3 is 10.2 Å². The normalized spacial score (nSPS) is 27.8. The molecule has 1 saturated carbocycles. The minimum atomic E-state index is 0.250. The number of carbonyl (C=O) groups is 1. The van der Waals surface area contributed by atoms with Crippen molar-refractivity contribution in [3.63, 3.8) is 0 Å². The van der Waals surface area contributed by atoms with E-state index in [-0.39, 0.29) is 11.3 Å². The van der Waals surface area contributed by atoms with Crippen LogP contribution < -0.4 is 5.32 Å². The molecule has 1 unspecified atom stereocenters. The summed E-state index contributed by atoms with van der Waals surface area (Å²) in [7, 11) is 1.94. The summed E-state index contributed by atoms with van der Waals surface area (Å²) in [4.78, 5) is 16.4. The van der Waals surface area contributed by atoms with Crippen LogP contribution in [0.3, 0.4) is 0 Å². The Hall–Kier alpha value is -0.610. The van der Waals surface area contributed by atoms with Crippen LogP contribution in [-0.2, 0) is 4.79 Å². The minimum Gasteiger partial charge on any atom is -0.344 e. The molecular formula is C13H25N3O. The Labute approximate surface area is 104 Å². The molecule has 2 aliphatic rings. The Balaban J connectivity index is 1.70. The lowest BCUT2D eigenvalue weighted by atomic mass is 10.1. The molecule has 1 heterocycles. The SMILES string of the molecule is CN(CCN1CCNCC1)C(=O)C1CC1(C)C. The summed E-state index contributed by atoms with van der Waals surface area (Å²) in [6.07, 6.45) is 1.06. The van der Waals surface area contributed by atoms with Crippen LogP contribution in [0.2, 0.25) is 0 Å². The van der Waals surface area contributed by atoms with Gasteiger partial charge in [0, 0.05) is 52.2 Å². The van der Waals surface area contributed by atoms with Gasteiger partial charge in [0.05, 0.1) is 0 Å². The Morgan fingerprint density at radius 2 is 2.00 bits per heavy atom. The summed E-state index contributed by atoms with van der Waals surface area (Å²) in [5.74, 6) is 0.612. The Morgan fingerprint density at radius 3 is 2.53 bits per heavy atom. The molecule has 98 valence electrons. The molecule has 17 heavy (non-hydrogen) atoms. The van der Waals surface area contributed by atoms with Crippen LogP contribution >= 0.6 is 0 Å². The molecule has 0 spiro atoms. The fourth-order valence-electron chi connectivity index (χ4n) is 2.49. The van der Waals surface area contributed by atoms with Gasteiger partial charge in [0.2, 0.25) is 5.91 Å². The lowest BCUT2D eigenvalue weighted by Crippen LogP contribution is -2.46. The lowest BCUT2D eigenvalue weighted by Gasteiger charge is -2.29. The zero-order chi connectivity index (χ0) is 12.5. The monoisotopic (exact) mass is 239 g/mol. The first-order valence-electron chi connectivity index (χ1n) is 6.69. The number of rotatable bonds is 4. The van der Waals surface area contributed by atoms with Gasteiger partial charge in [0.15, 0.2) is 0 Å². The first kappa shape index (κ1) is 12.8. The highest BCUT2D eigenvalue weighted by Crippen LogP contribution is 2.52. The first-order chi connectivity index (χ1) is 8.00. The Morgan fingerprint density at radius 1 is 1.41 bits per heavy atom. The summed E-state index contributed by atoms with van der Waals surface area (Å²) >= 11 is 0. The van der Waals surface area contributed by atoms with Crippen LogP contribution in [0.1, 0.15) is 20.3 Å². The number of nitrogens with one attached hydrogen (secondary N) is 1. The van der Waals surface area contributed by atoms with E-state index in [0.717, 1.165) is 45.7 Å². The summed E-state index contributed by atoms with van der Waals surface area (Å²) in [5.41, 5.74) is 0.250. The van der Waals surface area contributed by atoms with E-state index >= 15 is 0 Å². The summed E-state index contributed by atoms with van der Waals surface area (Å²) < 4.78 is 0. The van der Waals surface area contributed by atoms with E-state index in [4.69, 9.17) is 0 Å². The predicted molar refractivity (Wildman–Crippen MR) is 68.8 cm³/mol. The number of nitrogens with zero attached hydrogens (tertiary/aromatic N) is 2. The van der Waals surface area contributed by atoms with Gasteiger partial charge in [-0.1, -0.05) is 13.8 Å². The van der Waals surface area contributed by atoms with Crippen molar-refractivity contribution < 1.29 is 4.79 Å². The molecule has 0 aromatic rings. The van der Waals surface area contributed by atoms with E-state index in [2.05, 4.69) is 24.1 Å². The van der Waals surface area contributed by atoms with Crippen LogP contribution in [0.4, 0.5) is 0 Å². The standard InChI is InChI=1S/C13H25N3O/c1-13(2)10-11(13)12(17)15(3)8-9-16-6-4-14-5-7-16/h11,14H,4-10H2,1-3H3. The van der Waals surface area contributed by atoms with Crippen molar-refractivity contribution >= 4 is 5.91 Å². The molecule has 1 aliphatic heterocycles. The van der Waals surface area contributed by atoms with Crippen LogP contribution in [0.25, 0.3) is 0 Å². The predicted octanol–water partition coefficient (Wildman–Crippen LogP) is 0.396. The Kier molecular flexibility index (Phi) is 3.73. The molecule has 1 aliphatic carbocycles. The van der Waals surface area contributed by atoms with E-state index in [1.165, 1.54) is 0 Å². The van der Waals surface area contributed by atoms with E-state index < -0.39 is 0 Å². The quantitative estimate of drug-likeness (QED) is 0.771. The number of piperazine rings is 1. The summed E-state index contributed by atoms with van der Waals surface area (Å²) in [6, 6.07) is 0. The van der Waals surface area contributed by atoms with Gasteiger partial charge in [-0.05, 0) is 11.8 Å². The zero-order valence-electron chi connectivity index (χ0n) is 11.3. The summed E-state index contributed by atoms with van der Waals surface area (Å²) in [5, 5.41) is 3.34.